The van der Waals surface area contributed by atoms with E-state index in [0.717, 1.165) is 10.4 Å². The highest BCUT2D eigenvalue weighted by atomic mass is 35.5. The smallest absolute Gasteiger partial charge is 0.308 e. The van der Waals surface area contributed by atoms with Crippen LogP contribution in [0.5, 0.6) is 5.88 Å². The average Bonchev–Trinajstić information content (AvgIpc) is 3.29. The number of ether oxygens (including phenoxy) is 1. The van der Waals surface area contributed by atoms with E-state index in [1.807, 2.05) is 31.2 Å². The number of benzene rings is 1. The number of rotatable bonds is 5. The van der Waals surface area contributed by atoms with E-state index in [9.17, 15) is 9.90 Å². The first-order chi connectivity index (χ1) is 14.0. The maximum Gasteiger partial charge on any atom is 0.308 e. The molecule has 1 fully saturated rings. The van der Waals surface area contributed by atoms with E-state index < -0.39 is 0 Å². The van der Waals surface area contributed by atoms with Crippen LogP contribution in [-0.4, -0.2) is 50.8 Å². The summed E-state index contributed by atoms with van der Waals surface area (Å²) in [6.07, 6.45) is 2.11. The van der Waals surface area contributed by atoms with Gasteiger partial charge in [0.2, 0.25) is 10.8 Å². The van der Waals surface area contributed by atoms with Crippen molar-refractivity contribution in [3.8, 4) is 5.88 Å². The summed E-state index contributed by atoms with van der Waals surface area (Å²) in [4.78, 5) is 20.1. The van der Waals surface area contributed by atoms with Crippen molar-refractivity contribution in [2.24, 2.45) is 5.92 Å². The number of esters is 1. The number of methoxy groups -OCH3 is 1. The van der Waals surface area contributed by atoms with Gasteiger partial charge in [0.1, 0.15) is 0 Å². The third kappa shape index (κ3) is 3.72. The minimum Gasteiger partial charge on any atom is -0.492 e. The molecule has 0 unspecified atom stereocenters. The van der Waals surface area contributed by atoms with Gasteiger partial charge in [0, 0.05) is 11.4 Å². The van der Waals surface area contributed by atoms with Crippen LogP contribution in [0.25, 0.3) is 4.96 Å². The van der Waals surface area contributed by atoms with Gasteiger partial charge in [0.25, 0.3) is 0 Å². The third-order valence-corrected chi connectivity index (χ3v) is 6.85. The normalized spacial score (nSPS) is 16.9. The van der Waals surface area contributed by atoms with E-state index in [1.54, 1.807) is 0 Å². The lowest BCUT2D eigenvalue weighted by Gasteiger charge is -2.36. The molecule has 29 heavy (non-hydrogen) atoms. The second kappa shape index (κ2) is 8.30. The van der Waals surface area contributed by atoms with Gasteiger partial charge in [0.15, 0.2) is 5.82 Å². The van der Waals surface area contributed by atoms with Crippen molar-refractivity contribution in [2.45, 2.75) is 32.2 Å². The Morgan fingerprint density at radius 2 is 2.10 bits per heavy atom. The Morgan fingerprint density at radius 1 is 1.38 bits per heavy atom. The fourth-order valence-corrected chi connectivity index (χ4v) is 5.25. The van der Waals surface area contributed by atoms with Crippen LogP contribution in [0.3, 0.4) is 0 Å². The number of nitrogens with zero attached hydrogens (tertiary/aromatic N) is 4. The van der Waals surface area contributed by atoms with Crippen LogP contribution in [0, 0.1) is 5.92 Å². The van der Waals surface area contributed by atoms with Gasteiger partial charge < -0.3 is 9.84 Å². The number of likely N-dealkylation sites (tertiary alicyclic amines) is 1. The standard InChI is InChI=1S/C20H23ClN4O3S/c1-3-15-22-20-25(23-15)18(26)17(29-20)16(13-6-4-5-7-14(13)21)24-10-8-12(9-11-24)19(27)28-2/h4-7,12,16,26H,3,8-11H2,1-2H3/t16-/m0/s1. The Labute approximate surface area is 177 Å². The number of fused-ring (bicyclic) bond motifs is 1. The predicted molar refractivity (Wildman–Crippen MR) is 112 cm³/mol. The van der Waals surface area contributed by atoms with E-state index in [4.69, 9.17) is 16.3 Å². The molecule has 1 atom stereocenters. The Kier molecular flexibility index (Phi) is 5.76. The van der Waals surface area contributed by atoms with Gasteiger partial charge in [-0.3, -0.25) is 9.69 Å². The number of hydrogen-bond donors (Lipinski definition) is 1. The largest absolute Gasteiger partial charge is 0.492 e. The molecule has 0 amide bonds. The van der Waals surface area contributed by atoms with Gasteiger partial charge in [-0.15, -0.1) is 5.10 Å². The summed E-state index contributed by atoms with van der Waals surface area (Å²) in [5.74, 6) is 0.544. The monoisotopic (exact) mass is 434 g/mol. The Bertz CT molecular complexity index is 1030. The molecule has 4 rings (SSSR count). The number of aromatic hydroxyl groups is 1. The second-order valence-electron chi connectivity index (χ2n) is 7.12. The van der Waals surface area contributed by atoms with Crippen molar-refractivity contribution in [3.63, 3.8) is 0 Å². The molecule has 9 heteroatoms. The zero-order chi connectivity index (χ0) is 20.5. The highest BCUT2D eigenvalue weighted by molar-refractivity contribution is 7.17. The molecule has 0 saturated carbocycles. The predicted octanol–water partition coefficient (Wildman–Crippen LogP) is 3.69. The first-order valence-electron chi connectivity index (χ1n) is 9.67. The summed E-state index contributed by atoms with van der Waals surface area (Å²) in [5, 5.41) is 16.0. The molecule has 0 aliphatic carbocycles. The summed E-state index contributed by atoms with van der Waals surface area (Å²) >= 11 is 7.97. The van der Waals surface area contributed by atoms with Crippen molar-refractivity contribution >= 4 is 33.9 Å². The van der Waals surface area contributed by atoms with Crippen molar-refractivity contribution in [1.29, 1.82) is 0 Å². The molecule has 1 aliphatic heterocycles. The molecule has 154 valence electrons. The van der Waals surface area contributed by atoms with Crippen LogP contribution in [-0.2, 0) is 16.0 Å². The van der Waals surface area contributed by atoms with Crippen LogP contribution in [0.2, 0.25) is 5.02 Å². The van der Waals surface area contributed by atoms with Crippen LogP contribution in [0.1, 0.15) is 42.1 Å². The van der Waals surface area contributed by atoms with Crippen molar-refractivity contribution in [2.75, 3.05) is 20.2 Å². The molecular weight excluding hydrogens is 412 g/mol. The maximum atomic E-state index is 11.9. The molecule has 1 N–H and O–H groups in total. The third-order valence-electron chi connectivity index (χ3n) is 5.44. The summed E-state index contributed by atoms with van der Waals surface area (Å²) < 4.78 is 6.41. The zero-order valence-electron chi connectivity index (χ0n) is 16.3. The number of piperidine rings is 1. The van der Waals surface area contributed by atoms with Crippen molar-refractivity contribution in [3.05, 3.63) is 45.6 Å². The lowest BCUT2D eigenvalue weighted by Crippen LogP contribution is -2.39. The topological polar surface area (TPSA) is 80.0 Å². The average molecular weight is 435 g/mol. The second-order valence-corrected chi connectivity index (χ2v) is 8.54. The van der Waals surface area contributed by atoms with E-state index in [1.165, 1.54) is 23.0 Å². The number of aromatic nitrogens is 3. The summed E-state index contributed by atoms with van der Waals surface area (Å²) in [6, 6.07) is 7.43. The number of aryl methyl sites for hydroxylation is 1. The Morgan fingerprint density at radius 3 is 2.72 bits per heavy atom. The van der Waals surface area contributed by atoms with Crippen molar-refractivity contribution < 1.29 is 14.6 Å². The Hall–Kier alpha value is -2.16. The molecule has 3 heterocycles. The van der Waals surface area contributed by atoms with Crippen LogP contribution in [0.15, 0.2) is 24.3 Å². The highest BCUT2D eigenvalue weighted by Gasteiger charge is 2.35. The molecule has 2 aromatic heterocycles. The van der Waals surface area contributed by atoms with Gasteiger partial charge in [-0.1, -0.05) is 48.1 Å². The highest BCUT2D eigenvalue weighted by Crippen LogP contribution is 2.43. The van der Waals surface area contributed by atoms with Crippen LogP contribution < -0.4 is 0 Å². The van der Waals surface area contributed by atoms with E-state index in [-0.39, 0.29) is 23.8 Å². The summed E-state index contributed by atoms with van der Waals surface area (Å²) in [7, 11) is 1.43. The number of carbonyl (C=O) groups is 1. The van der Waals surface area contributed by atoms with Gasteiger partial charge in [-0.05, 0) is 37.6 Å². The zero-order valence-corrected chi connectivity index (χ0v) is 17.9. The number of hydrogen-bond acceptors (Lipinski definition) is 7. The number of thiazole rings is 1. The fourth-order valence-electron chi connectivity index (χ4n) is 3.88. The van der Waals surface area contributed by atoms with E-state index >= 15 is 0 Å². The lowest BCUT2D eigenvalue weighted by atomic mass is 9.93. The summed E-state index contributed by atoms with van der Waals surface area (Å²) in [6.45, 7) is 3.38. The first-order valence-corrected chi connectivity index (χ1v) is 10.9. The molecular formula is C20H23ClN4O3S. The molecule has 0 bridgehead atoms. The summed E-state index contributed by atoms with van der Waals surface area (Å²) in [5.41, 5.74) is 0.918. The number of halogens is 1. The number of carbonyl (C=O) groups excluding carboxylic acids is 1. The van der Waals surface area contributed by atoms with Crippen molar-refractivity contribution in [1.82, 2.24) is 19.5 Å². The maximum absolute atomic E-state index is 11.9. The van der Waals surface area contributed by atoms with Crippen LogP contribution >= 0.6 is 22.9 Å². The molecule has 0 spiro atoms. The van der Waals surface area contributed by atoms with E-state index in [2.05, 4.69) is 15.0 Å². The molecule has 7 nitrogen and oxygen atoms in total. The molecule has 1 saturated heterocycles. The first kappa shape index (κ1) is 20.1. The van der Waals surface area contributed by atoms with E-state index in [0.29, 0.717) is 48.2 Å². The molecule has 3 aromatic rings. The SMILES string of the molecule is CCc1nc2sc([C@H](c3ccccc3Cl)N3CCC(C(=O)OC)CC3)c(O)n2n1. The Balaban J connectivity index is 1.73. The fraction of sp³-hybridized carbons (Fsp3) is 0.450. The lowest BCUT2D eigenvalue weighted by molar-refractivity contribution is -0.147. The quantitative estimate of drug-likeness (QED) is 0.617. The molecule has 1 aliphatic rings. The van der Waals surface area contributed by atoms with Gasteiger partial charge >= 0.3 is 5.97 Å². The minimum atomic E-state index is -0.235. The van der Waals surface area contributed by atoms with Gasteiger partial charge in [-0.25, -0.2) is 4.98 Å². The molecule has 0 radical (unpaired) electrons. The van der Waals surface area contributed by atoms with Gasteiger partial charge in [0.05, 0.1) is 23.9 Å². The van der Waals surface area contributed by atoms with Gasteiger partial charge in [-0.2, -0.15) is 4.52 Å². The minimum absolute atomic E-state index is 0.0915. The molecule has 1 aromatic carbocycles. The van der Waals surface area contributed by atoms with Crippen LogP contribution in [0.4, 0.5) is 0 Å².